The zero-order valence-corrected chi connectivity index (χ0v) is 14.2. The first-order valence-corrected chi connectivity index (χ1v) is 7.88. The molecule has 0 saturated carbocycles. The lowest BCUT2D eigenvalue weighted by Crippen LogP contribution is -2.15. The molecule has 6 heteroatoms. The highest BCUT2D eigenvalue weighted by molar-refractivity contribution is 5.94. The van der Waals surface area contributed by atoms with Gasteiger partial charge in [-0.05, 0) is 24.6 Å². The molecule has 1 atom stereocenters. The van der Waals surface area contributed by atoms with E-state index < -0.39 is 0 Å². The van der Waals surface area contributed by atoms with Crippen molar-refractivity contribution in [3.05, 3.63) is 48.6 Å². The minimum Gasteiger partial charge on any atom is -0.496 e. The quantitative estimate of drug-likeness (QED) is 0.695. The van der Waals surface area contributed by atoms with Crippen molar-refractivity contribution >= 4 is 10.8 Å². The van der Waals surface area contributed by atoms with Gasteiger partial charge in [0, 0.05) is 16.3 Å². The Morgan fingerprint density at radius 1 is 1.17 bits per heavy atom. The van der Waals surface area contributed by atoms with Gasteiger partial charge in [0.1, 0.15) is 17.5 Å². The van der Waals surface area contributed by atoms with E-state index in [4.69, 9.17) is 9.47 Å². The van der Waals surface area contributed by atoms with E-state index >= 15 is 0 Å². The van der Waals surface area contributed by atoms with Gasteiger partial charge in [-0.15, -0.1) is 10.2 Å². The van der Waals surface area contributed by atoms with Crippen LogP contribution in [-0.4, -0.2) is 34.4 Å². The number of rotatable bonds is 6. The van der Waals surface area contributed by atoms with Crippen LogP contribution in [0.1, 0.15) is 30.3 Å². The molecule has 1 unspecified atom stereocenters. The number of aromatic nitrogens is 4. The van der Waals surface area contributed by atoms with Crippen LogP contribution in [0.25, 0.3) is 10.8 Å². The molecule has 0 bridgehead atoms. The number of fused-ring (bicyclic) bond motifs is 1. The van der Waals surface area contributed by atoms with Gasteiger partial charge in [-0.1, -0.05) is 37.6 Å². The maximum Gasteiger partial charge on any atom is 0.171 e. The number of hydrogen-bond donors (Lipinski definition) is 0. The van der Waals surface area contributed by atoms with Crippen molar-refractivity contribution in [2.75, 3.05) is 14.2 Å². The van der Waals surface area contributed by atoms with Gasteiger partial charge >= 0.3 is 0 Å². The molecular weight excluding hydrogens is 304 g/mol. The van der Waals surface area contributed by atoms with E-state index in [1.54, 1.807) is 19.0 Å². The van der Waals surface area contributed by atoms with Crippen LogP contribution < -0.4 is 9.47 Å². The van der Waals surface area contributed by atoms with Crippen LogP contribution >= 0.6 is 0 Å². The predicted molar refractivity (Wildman–Crippen MR) is 92.3 cm³/mol. The van der Waals surface area contributed by atoms with E-state index in [1.165, 1.54) is 0 Å². The molecule has 3 rings (SSSR count). The number of benzene rings is 2. The Hall–Kier alpha value is -2.63. The Labute approximate surface area is 141 Å². The minimum atomic E-state index is -0.114. The largest absolute Gasteiger partial charge is 0.496 e. The molecule has 0 amide bonds. The van der Waals surface area contributed by atoms with Gasteiger partial charge in [0.15, 0.2) is 5.82 Å². The van der Waals surface area contributed by atoms with Crippen molar-refractivity contribution in [2.45, 2.75) is 25.8 Å². The zero-order valence-electron chi connectivity index (χ0n) is 14.2. The molecule has 3 aromatic rings. The van der Waals surface area contributed by atoms with Crippen LogP contribution in [0.3, 0.4) is 0 Å². The topological polar surface area (TPSA) is 62.1 Å². The van der Waals surface area contributed by atoms with Crippen molar-refractivity contribution in [1.29, 1.82) is 0 Å². The Kier molecular flexibility index (Phi) is 4.64. The third kappa shape index (κ3) is 2.79. The highest BCUT2D eigenvalue weighted by Gasteiger charge is 2.23. The van der Waals surface area contributed by atoms with Crippen LogP contribution in [0.15, 0.2) is 30.3 Å². The summed E-state index contributed by atoms with van der Waals surface area (Å²) in [6, 6.07) is 9.91. The first-order valence-electron chi connectivity index (χ1n) is 7.88. The van der Waals surface area contributed by atoms with Crippen molar-refractivity contribution in [2.24, 2.45) is 0 Å². The van der Waals surface area contributed by atoms with Gasteiger partial charge in [0.2, 0.25) is 0 Å². The normalized spacial score (nSPS) is 12.3. The van der Waals surface area contributed by atoms with E-state index in [1.807, 2.05) is 37.3 Å². The first kappa shape index (κ1) is 16.2. The van der Waals surface area contributed by atoms with E-state index in [-0.39, 0.29) is 6.04 Å². The van der Waals surface area contributed by atoms with Gasteiger partial charge in [0.05, 0.1) is 14.2 Å². The lowest BCUT2D eigenvalue weighted by molar-refractivity contribution is 0.376. The van der Waals surface area contributed by atoms with E-state index in [2.05, 4.69) is 22.3 Å². The monoisotopic (exact) mass is 325 g/mol. The molecule has 1 heterocycles. The third-order valence-corrected chi connectivity index (χ3v) is 4.05. The summed E-state index contributed by atoms with van der Waals surface area (Å²) in [7, 11) is 3.35. The maximum atomic E-state index is 5.75. The molecule has 0 aliphatic carbocycles. The van der Waals surface area contributed by atoms with Crippen LogP contribution in [0.2, 0.25) is 0 Å². The third-order valence-electron chi connectivity index (χ3n) is 4.05. The van der Waals surface area contributed by atoms with Crippen molar-refractivity contribution in [3.63, 3.8) is 0 Å². The van der Waals surface area contributed by atoms with E-state index in [0.717, 1.165) is 40.7 Å². The molecule has 0 aliphatic rings. The molecule has 1 radical (unpaired) electrons. The lowest BCUT2D eigenvalue weighted by Gasteiger charge is -2.21. The van der Waals surface area contributed by atoms with Crippen molar-refractivity contribution in [3.8, 4) is 11.5 Å². The number of aryl methyl sites for hydroxylation is 1. The molecule has 0 N–H and O–H groups in total. The molecule has 1 aromatic heterocycles. The molecule has 6 nitrogen and oxygen atoms in total. The fourth-order valence-electron chi connectivity index (χ4n) is 3.00. The average Bonchev–Trinajstić information content (AvgIpc) is 3.04. The van der Waals surface area contributed by atoms with E-state index in [0.29, 0.717) is 5.82 Å². The Morgan fingerprint density at radius 2 is 1.92 bits per heavy atom. The average molecular weight is 325 g/mol. The Morgan fingerprint density at radius 3 is 2.50 bits per heavy atom. The summed E-state index contributed by atoms with van der Waals surface area (Å²) in [6.45, 7) is 5.80. The fourth-order valence-corrected chi connectivity index (χ4v) is 3.00. The van der Waals surface area contributed by atoms with Gasteiger partial charge in [-0.25, -0.2) is 0 Å². The summed E-state index contributed by atoms with van der Waals surface area (Å²) in [4.78, 5) is 1.63. The second-order valence-electron chi connectivity index (χ2n) is 5.56. The number of tetrazole rings is 1. The summed E-state index contributed by atoms with van der Waals surface area (Å²) in [6.07, 6.45) is 1.51. The van der Waals surface area contributed by atoms with Crippen LogP contribution in [0, 0.1) is 13.8 Å². The predicted octanol–water partition coefficient (Wildman–Crippen LogP) is 3.36. The first-order chi connectivity index (χ1) is 11.7. The van der Waals surface area contributed by atoms with Crippen molar-refractivity contribution < 1.29 is 9.47 Å². The minimum absolute atomic E-state index is 0.114. The second-order valence-corrected chi connectivity index (χ2v) is 5.56. The molecule has 24 heavy (non-hydrogen) atoms. The number of ether oxygens (including phenoxy) is 2. The summed E-state index contributed by atoms with van der Waals surface area (Å²) in [5, 5.41) is 14.6. The number of methoxy groups -OCH3 is 2. The standard InChI is InChI=1S/C18H21N4O2/c1-5-8-16(22-20-12(2)19-21-22)15-11-17(23-3)13-9-6-7-10-14(13)18(15)24-4/h6-7,9-11,16H,1,5,8H2,2-4H3. The Balaban J connectivity index is 2.25. The highest BCUT2D eigenvalue weighted by Crippen LogP contribution is 2.41. The summed E-state index contributed by atoms with van der Waals surface area (Å²) < 4.78 is 11.3. The Bertz CT molecular complexity index is 844. The molecule has 0 spiro atoms. The van der Waals surface area contributed by atoms with Gasteiger partial charge in [-0.2, -0.15) is 4.80 Å². The molecule has 0 aliphatic heterocycles. The molecule has 125 valence electrons. The SMILES string of the molecule is [CH2]CCC(c1cc(OC)c2ccccc2c1OC)n1nnc(C)n1. The molecule has 0 fully saturated rings. The molecule has 2 aromatic carbocycles. The maximum absolute atomic E-state index is 5.75. The number of nitrogens with zero attached hydrogens (tertiary/aromatic N) is 4. The number of hydrogen-bond acceptors (Lipinski definition) is 5. The van der Waals surface area contributed by atoms with Gasteiger partial charge in [0.25, 0.3) is 0 Å². The lowest BCUT2D eigenvalue weighted by atomic mass is 9.96. The molecule has 0 saturated heterocycles. The summed E-state index contributed by atoms with van der Waals surface area (Å²) in [5.74, 6) is 2.24. The van der Waals surface area contributed by atoms with Crippen molar-refractivity contribution in [1.82, 2.24) is 20.2 Å². The van der Waals surface area contributed by atoms with Crippen LogP contribution in [0.5, 0.6) is 11.5 Å². The fraction of sp³-hybridized carbons (Fsp3) is 0.333. The highest BCUT2D eigenvalue weighted by atomic mass is 16.5. The zero-order chi connectivity index (χ0) is 17.1. The summed E-state index contributed by atoms with van der Waals surface area (Å²) >= 11 is 0. The molecular formula is C18H21N4O2. The van der Waals surface area contributed by atoms with Gasteiger partial charge < -0.3 is 9.47 Å². The van der Waals surface area contributed by atoms with Gasteiger partial charge in [-0.3, -0.25) is 0 Å². The van der Waals surface area contributed by atoms with Crippen LogP contribution in [0.4, 0.5) is 0 Å². The second kappa shape index (κ2) is 6.86. The smallest absolute Gasteiger partial charge is 0.171 e. The van der Waals surface area contributed by atoms with E-state index in [9.17, 15) is 0 Å². The summed E-state index contributed by atoms with van der Waals surface area (Å²) in [5.41, 5.74) is 0.967. The van der Waals surface area contributed by atoms with Crippen LogP contribution in [-0.2, 0) is 0 Å².